The van der Waals surface area contributed by atoms with Gasteiger partial charge in [0.2, 0.25) is 0 Å². The Labute approximate surface area is 78.4 Å². The third-order valence-corrected chi connectivity index (χ3v) is 4.43. The Kier molecular flexibility index (Phi) is 1.44. The maximum absolute atomic E-state index is 11.9. The summed E-state index contributed by atoms with van der Waals surface area (Å²) in [5.41, 5.74) is 0.455. The second kappa shape index (κ2) is 2.14. The lowest BCUT2D eigenvalue weighted by molar-refractivity contribution is -0.123. The van der Waals surface area contributed by atoms with Crippen LogP contribution in [0.1, 0.15) is 33.6 Å². The number of fused-ring (bicyclic) bond motifs is 2. The number of ketones is 1. The standard InChI is InChI=1S/C10H16N2O/c1-9(2)6-4-5-10(9,3)8(13)7(6)12-11/h6H,4-5,11H2,1-3H3/b12-7+/t6-,10+/m1/s1. The first-order valence-electron chi connectivity index (χ1n) is 4.78. The predicted octanol–water partition coefficient (Wildman–Crippen LogP) is 1.33. The molecule has 2 bridgehead atoms. The van der Waals surface area contributed by atoms with Crippen molar-refractivity contribution in [1.82, 2.24) is 0 Å². The van der Waals surface area contributed by atoms with E-state index in [1.54, 1.807) is 0 Å². The number of carbonyl (C=O) groups excluding carboxylic acids is 1. The van der Waals surface area contributed by atoms with Gasteiger partial charge in [0.1, 0.15) is 5.71 Å². The van der Waals surface area contributed by atoms with Gasteiger partial charge >= 0.3 is 0 Å². The molecule has 2 N–H and O–H groups in total. The summed E-state index contributed by atoms with van der Waals surface area (Å²) < 4.78 is 0. The van der Waals surface area contributed by atoms with Gasteiger partial charge in [0.05, 0.1) is 0 Å². The van der Waals surface area contributed by atoms with Crippen LogP contribution in [0.15, 0.2) is 5.10 Å². The van der Waals surface area contributed by atoms with Crippen LogP contribution < -0.4 is 5.84 Å². The summed E-state index contributed by atoms with van der Waals surface area (Å²) >= 11 is 0. The van der Waals surface area contributed by atoms with Gasteiger partial charge in [0.15, 0.2) is 5.78 Å². The number of nitrogens with two attached hydrogens (primary N) is 1. The molecule has 2 rings (SSSR count). The van der Waals surface area contributed by atoms with Crippen LogP contribution in [-0.2, 0) is 4.79 Å². The Balaban J connectivity index is 2.57. The molecule has 2 atom stereocenters. The van der Waals surface area contributed by atoms with Gasteiger partial charge in [0.25, 0.3) is 0 Å². The van der Waals surface area contributed by atoms with E-state index in [1.165, 1.54) is 0 Å². The Bertz CT molecular complexity index is 306. The second-order valence-electron chi connectivity index (χ2n) is 4.99. The highest BCUT2D eigenvalue weighted by Gasteiger charge is 2.65. The molecule has 0 aromatic carbocycles. The van der Waals surface area contributed by atoms with Gasteiger partial charge in [-0.1, -0.05) is 20.8 Å². The van der Waals surface area contributed by atoms with Crippen molar-refractivity contribution in [3.8, 4) is 0 Å². The topological polar surface area (TPSA) is 55.5 Å². The molecule has 13 heavy (non-hydrogen) atoms. The maximum Gasteiger partial charge on any atom is 0.185 e. The minimum atomic E-state index is -0.212. The number of hydrogen-bond donors (Lipinski definition) is 1. The molecule has 0 radical (unpaired) electrons. The molecule has 3 heteroatoms. The lowest BCUT2D eigenvalue weighted by atomic mass is 9.70. The highest BCUT2D eigenvalue weighted by Crippen LogP contribution is 2.62. The molecule has 2 aliphatic rings. The Morgan fingerprint density at radius 1 is 1.46 bits per heavy atom. The third kappa shape index (κ3) is 0.713. The molecule has 2 saturated carbocycles. The van der Waals surface area contributed by atoms with Crippen LogP contribution in [0.5, 0.6) is 0 Å². The van der Waals surface area contributed by atoms with E-state index in [9.17, 15) is 4.79 Å². The highest BCUT2D eigenvalue weighted by molar-refractivity contribution is 6.45. The molecular formula is C10H16N2O. The minimum absolute atomic E-state index is 0.0439. The van der Waals surface area contributed by atoms with E-state index < -0.39 is 0 Å². The van der Waals surface area contributed by atoms with Crippen molar-refractivity contribution in [2.24, 2.45) is 27.7 Å². The lowest BCUT2D eigenvalue weighted by Gasteiger charge is -2.31. The third-order valence-electron chi connectivity index (χ3n) is 4.43. The second-order valence-corrected chi connectivity index (χ2v) is 4.99. The first-order valence-corrected chi connectivity index (χ1v) is 4.78. The summed E-state index contributed by atoms with van der Waals surface area (Å²) in [6, 6.07) is 0. The Hall–Kier alpha value is -0.860. The molecule has 0 saturated heterocycles. The largest absolute Gasteiger partial charge is 0.323 e. The van der Waals surface area contributed by atoms with Crippen molar-refractivity contribution < 1.29 is 4.79 Å². The SMILES string of the molecule is CC1(C)[C@@H]2CC[C@@]1(C)C(=O)/C2=N/N. The average molecular weight is 180 g/mol. The van der Waals surface area contributed by atoms with Crippen molar-refractivity contribution in [3.63, 3.8) is 0 Å². The van der Waals surface area contributed by atoms with E-state index >= 15 is 0 Å². The van der Waals surface area contributed by atoms with Crippen LogP contribution in [0.2, 0.25) is 0 Å². The van der Waals surface area contributed by atoms with Crippen LogP contribution in [0.25, 0.3) is 0 Å². The molecule has 3 nitrogen and oxygen atoms in total. The lowest BCUT2D eigenvalue weighted by Crippen LogP contribution is -2.33. The highest BCUT2D eigenvalue weighted by atomic mass is 16.1. The van der Waals surface area contributed by atoms with Gasteiger partial charge in [-0.25, -0.2) is 0 Å². The van der Waals surface area contributed by atoms with Gasteiger partial charge in [-0.3, -0.25) is 4.79 Å². The quantitative estimate of drug-likeness (QED) is 0.451. The number of nitrogens with zero attached hydrogens (tertiary/aromatic N) is 1. The summed E-state index contributed by atoms with van der Waals surface area (Å²) in [6.45, 7) is 6.36. The monoisotopic (exact) mass is 180 g/mol. The fourth-order valence-electron chi connectivity index (χ4n) is 2.97. The summed E-state index contributed by atoms with van der Waals surface area (Å²) in [4.78, 5) is 11.9. The summed E-state index contributed by atoms with van der Waals surface area (Å²) in [7, 11) is 0. The van der Waals surface area contributed by atoms with E-state index in [0.717, 1.165) is 12.8 Å². The van der Waals surface area contributed by atoms with Crippen molar-refractivity contribution in [2.45, 2.75) is 33.6 Å². The van der Waals surface area contributed by atoms with Gasteiger partial charge in [-0.05, 0) is 18.3 Å². The van der Waals surface area contributed by atoms with E-state index in [-0.39, 0.29) is 22.5 Å². The van der Waals surface area contributed by atoms with Gasteiger partial charge < -0.3 is 5.84 Å². The smallest absolute Gasteiger partial charge is 0.185 e. The minimum Gasteiger partial charge on any atom is -0.323 e. The normalized spacial score (nSPS) is 44.7. The number of carbonyl (C=O) groups is 1. The number of hydrogen-bond acceptors (Lipinski definition) is 3. The molecule has 0 aliphatic heterocycles. The molecule has 0 amide bonds. The number of hydrazone groups is 1. The summed E-state index contributed by atoms with van der Waals surface area (Å²) in [6.07, 6.45) is 2.05. The van der Waals surface area contributed by atoms with Crippen LogP contribution >= 0.6 is 0 Å². The molecule has 0 heterocycles. The molecular weight excluding hydrogens is 164 g/mol. The van der Waals surface area contributed by atoms with E-state index in [2.05, 4.69) is 18.9 Å². The fraction of sp³-hybridized carbons (Fsp3) is 0.800. The fourth-order valence-corrected chi connectivity index (χ4v) is 2.97. The van der Waals surface area contributed by atoms with Crippen LogP contribution in [0, 0.1) is 16.7 Å². The Morgan fingerprint density at radius 2 is 2.08 bits per heavy atom. The van der Waals surface area contributed by atoms with Crippen LogP contribution in [-0.4, -0.2) is 11.5 Å². The van der Waals surface area contributed by atoms with Crippen molar-refractivity contribution in [1.29, 1.82) is 0 Å². The predicted molar refractivity (Wildman–Crippen MR) is 51.2 cm³/mol. The van der Waals surface area contributed by atoms with Crippen LogP contribution in [0.3, 0.4) is 0 Å². The number of rotatable bonds is 0. The zero-order chi connectivity index (χ0) is 9.85. The zero-order valence-corrected chi connectivity index (χ0v) is 8.42. The van der Waals surface area contributed by atoms with Crippen molar-refractivity contribution in [3.05, 3.63) is 0 Å². The summed E-state index contributed by atoms with van der Waals surface area (Å²) in [5.74, 6) is 5.72. The molecule has 2 aliphatic carbocycles. The van der Waals surface area contributed by atoms with E-state index in [1.807, 2.05) is 6.92 Å². The van der Waals surface area contributed by atoms with E-state index in [0.29, 0.717) is 5.71 Å². The van der Waals surface area contributed by atoms with Crippen LogP contribution in [0.4, 0.5) is 0 Å². The van der Waals surface area contributed by atoms with Gasteiger partial charge in [0, 0.05) is 11.3 Å². The first kappa shape index (κ1) is 8.73. The van der Waals surface area contributed by atoms with Gasteiger partial charge in [-0.15, -0.1) is 0 Å². The molecule has 0 unspecified atom stereocenters. The number of Topliss-reactive ketones (excluding diaryl/α,β-unsaturated/α-hetero) is 1. The first-order chi connectivity index (χ1) is 5.95. The molecule has 0 aromatic rings. The van der Waals surface area contributed by atoms with E-state index in [4.69, 9.17) is 5.84 Å². The molecule has 0 spiro atoms. The summed E-state index contributed by atoms with van der Waals surface area (Å²) in [5, 5.41) is 3.66. The maximum atomic E-state index is 11.9. The van der Waals surface area contributed by atoms with Crippen molar-refractivity contribution in [2.75, 3.05) is 0 Å². The molecule has 2 fully saturated rings. The Morgan fingerprint density at radius 3 is 2.38 bits per heavy atom. The molecule has 0 aromatic heterocycles. The zero-order valence-electron chi connectivity index (χ0n) is 8.42. The molecule has 72 valence electrons. The average Bonchev–Trinajstić information content (AvgIpc) is 2.36. The van der Waals surface area contributed by atoms with Gasteiger partial charge in [-0.2, -0.15) is 5.10 Å². The van der Waals surface area contributed by atoms with Crippen molar-refractivity contribution >= 4 is 11.5 Å².